The highest BCUT2D eigenvalue weighted by Gasteiger charge is 2.21. The minimum Gasteiger partial charge on any atom is -0.379 e. The molecule has 0 aliphatic carbocycles. The van der Waals surface area contributed by atoms with E-state index in [9.17, 15) is 4.39 Å². The first-order valence-corrected chi connectivity index (χ1v) is 6.24. The summed E-state index contributed by atoms with van der Waals surface area (Å²) in [5, 5.41) is 5.35. The lowest BCUT2D eigenvalue weighted by atomic mass is 10.2. The maximum atomic E-state index is 13.1. The third-order valence-electron chi connectivity index (χ3n) is 2.87. The molecule has 1 aliphatic heterocycles. The minimum atomic E-state index is -0.215. The molecule has 0 amide bonds. The fourth-order valence-electron chi connectivity index (χ4n) is 2.07. The fourth-order valence-corrected chi connectivity index (χ4v) is 2.73. The van der Waals surface area contributed by atoms with Crippen molar-refractivity contribution in [3.05, 3.63) is 27.7 Å². The monoisotopic (exact) mass is 332 g/mol. The lowest BCUT2D eigenvalue weighted by Crippen LogP contribution is -2.10. The zero-order valence-electron chi connectivity index (χ0n) is 8.49. The SMILES string of the molecule is Fc1ccc2c(c1)c(I)nn2[C@H]1CCOC1. The summed E-state index contributed by atoms with van der Waals surface area (Å²) in [5.41, 5.74) is 0.987. The Morgan fingerprint density at radius 1 is 1.50 bits per heavy atom. The largest absolute Gasteiger partial charge is 0.379 e. The van der Waals surface area contributed by atoms with Crippen LogP contribution in [0.25, 0.3) is 10.9 Å². The Morgan fingerprint density at radius 2 is 2.38 bits per heavy atom. The minimum absolute atomic E-state index is 0.215. The third kappa shape index (κ3) is 1.62. The summed E-state index contributed by atoms with van der Waals surface area (Å²) in [4.78, 5) is 0. The van der Waals surface area contributed by atoms with Crippen molar-refractivity contribution < 1.29 is 9.13 Å². The molecule has 0 unspecified atom stereocenters. The lowest BCUT2D eigenvalue weighted by Gasteiger charge is -2.09. The van der Waals surface area contributed by atoms with Crippen LogP contribution in [0.4, 0.5) is 4.39 Å². The topological polar surface area (TPSA) is 27.1 Å². The molecule has 0 radical (unpaired) electrons. The molecule has 3 rings (SSSR count). The van der Waals surface area contributed by atoms with Crippen molar-refractivity contribution >= 4 is 33.5 Å². The molecule has 0 bridgehead atoms. The number of hydrogen-bond acceptors (Lipinski definition) is 2. The molecule has 1 saturated heterocycles. The van der Waals surface area contributed by atoms with Crippen LogP contribution < -0.4 is 0 Å². The molecule has 16 heavy (non-hydrogen) atoms. The van der Waals surface area contributed by atoms with Gasteiger partial charge in [-0.1, -0.05) is 0 Å². The van der Waals surface area contributed by atoms with E-state index in [2.05, 4.69) is 27.7 Å². The Labute approximate surface area is 106 Å². The summed E-state index contributed by atoms with van der Waals surface area (Å²) >= 11 is 2.14. The Kier molecular flexibility index (Phi) is 2.59. The molecule has 1 fully saturated rings. The Hall–Kier alpha value is -0.690. The number of benzene rings is 1. The molecule has 1 aliphatic rings. The summed E-state index contributed by atoms with van der Waals surface area (Å²) < 4.78 is 21.3. The standard InChI is InChI=1S/C11H10FIN2O/c12-7-1-2-10-9(5-7)11(13)14-15(10)8-3-4-16-6-8/h1-2,5,8H,3-4,6H2/t8-/m0/s1. The number of aromatic nitrogens is 2. The zero-order chi connectivity index (χ0) is 11.1. The van der Waals surface area contributed by atoms with E-state index >= 15 is 0 Å². The number of hydrogen-bond donors (Lipinski definition) is 0. The summed E-state index contributed by atoms with van der Waals surface area (Å²) in [6.45, 7) is 1.48. The van der Waals surface area contributed by atoms with Crippen LogP contribution in [0.5, 0.6) is 0 Å². The van der Waals surface area contributed by atoms with E-state index in [-0.39, 0.29) is 11.9 Å². The first-order chi connectivity index (χ1) is 7.75. The van der Waals surface area contributed by atoms with E-state index in [0.29, 0.717) is 6.61 Å². The highest BCUT2D eigenvalue weighted by atomic mass is 127. The van der Waals surface area contributed by atoms with Gasteiger partial charge in [-0.15, -0.1) is 0 Å². The van der Waals surface area contributed by atoms with Crippen molar-refractivity contribution in [1.82, 2.24) is 9.78 Å². The first kappa shape index (κ1) is 10.5. The number of nitrogens with zero attached hydrogens (tertiary/aromatic N) is 2. The van der Waals surface area contributed by atoms with Gasteiger partial charge in [-0.25, -0.2) is 4.39 Å². The molecular formula is C11H10FIN2O. The van der Waals surface area contributed by atoms with Crippen molar-refractivity contribution in [2.45, 2.75) is 12.5 Å². The summed E-state index contributed by atoms with van der Waals surface area (Å²) in [6.07, 6.45) is 0.976. The highest BCUT2D eigenvalue weighted by Crippen LogP contribution is 2.27. The van der Waals surface area contributed by atoms with Gasteiger partial charge in [0, 0.05) is 12.0 Å². The Balaban J connectivity index is 2.18. The number of ether oxygens (including phenoxy) is 1. The number of rotatable bonds is 1. The third-order valence-corrected chi connectivity index (χ3v) is 3.67. The summed E-state index contributed by atoms with van der Waals surface area (Å²) in [5.74, 6) is -0.215. The van der Waals surface area contributed by atoms with Crippen molar-refractivity contribution in [2.24, 2.45) is 0 Å². The van der Waals surface area contributed by atoms with Gasteiger partial charge in [-0.05, 0) is 47.2 Å². The van der Waals surface area contributed by atoms with E-state index < -0.39 is 0 Å². The quantitative estimate of drug-likeness (QED) is 0.751. The van der Waals surface area contributed by atoms with Crippen LogP contribution in [0.3, 0.4) is 0 Å². The maximum Gasteiger partial charge on any atom is 0.131 e. The van der Waals surface area contributed by atoms with Crippen LogP contribution in [0.1, 0.15) is 12.5 Å². The molecule has 5 heteroatoms. The van der Waals surface area contributed by atoms with Gasteiger partial charge >= 0.3 is 0 Å². The summed E-state index contributed by atoms with van der Waals surface area (Å²) in [7, 11) is 0. The van der Waals surface area contributed by atoms with Crippen molar-refractivity contribution in [1.29, 1.82) is 0 Å². The predicted molar refractivity (Wildman–Crippen MR) is 66.9 cm³/mol. The second-order valence-electron chi connectivity index (χ2n) is 3.91. The first-order valence-electron chi connectivity index (χ1n) is 5.17. The van der Waals surface area contributed by atoms with Crippen LogP contribution in [0, 0.1) is 9.52 Å². The van der Waals surface area contributed by atoms with E-state index in [1.165, 1.54) is 12.1 Å². The molecule has 0 spiro atoms. The predicted octanol–water partition coefficient (Wildman–Crippen LogP) is 2.74. The number of fused-ring (bicyclic) bond motifs is 1. The van der Waals surface area contributed by atoms with Crippen molar-refractivity contribution in [2.75, 3.05) is 13.2 Å². The van der Waals surface area contributed by atoms with Crippen molar-refractivity contribution in [3.8, 4) is 0 Å². The van der Waals surface area contributed by atoms with Gasteiger partial charge in [0.05, 0.1) is 18.2 Å². The molecule has 0 saturated carbocycles. The van der Waals surface area contributed by atoms with E-state index in [0.717, 1.165) is 27.6 Å². The van der Waals surface area contributed by atoms with Crippen LogP contribution in [-0.2, 0) is 4.74 Å². The number of halogens is 2. The van der Waals surface area contributed by atoms with Gasteiger partial charge in [0.1, 0.15) is 9.52 Å². The average Bonchev–Trinajstić information content (AvgIpc) is 2.87. The molecule has 84 valence electrons. The highest BCUT2D eigenvalue weighted by molar-refractivity contribution is 14.1. The van der Waals surface area contributed by atoms with Crippen LogP contribution >= 0.6 is 22.6 Å². The molecule has 1 atom stereocenters. The fraction of sp³-hybridized carbons (Fsp3) is 0.364. The van der Waals surface area contributed by atoms with E-state index in [1.54, 1.807) is 6.07 Å². The van der Waals surface area contributed by atoms with Gasteiger partial charge in [-0.3, -0.25) is 4.68 Å². The smallest absolute Gasteiger partial charge is 0.131 e. The molecule has 1 aromatic heterocycles. The lowest BCUT2D eigenvalue weighted by molar-refractivity contribution is 0.185. The van der Waals surface area contributed by atoms with Gasteiger partial charge in [0.15, 0.2) is 0 Å². The molecule has 3 nitrogen and oxygen atoms in total. The Bertz CT molecular complexity index is 534. The van der Waals surface area contributed by atoms with Gasteiger partial charge < -0.3 is 4.74 Å². The van der Waals surface area contributed by atoms with Gasteiger partial charge in [0.25, 0.3) is 0 Å². The molecule has 2 aromatic rings. The van der Waals surface area contributed by atoms with Crippen LogP contribution in [0.15, 0.2) is 18.2 Å². The zero-order valence-corrected chi connectivity index (χ0v) is 10.6. The second kappa shape index (κ2) is 3.96. The van der Waals surface area contributed by atoms with Crippen LogP contribution in [0.2, 0.25) is 0 Å². The molecule has 1 aromatic carbocycles. The Morgan fingerprint density at radius 3 is 3.12 bits per heavy atom. The normalized spacial score (nSPS) is 20.8. The van der Waals surface area contributed by atoms with Crippen molar-refractivity contribution in [3.63, 3.8) is 0 Å². The maximum absolute atomic E-state index is 13.1. The average molecular weight is 332 g/mol. The molecule has 2 heterocycles. The molecule has 0 N–H and O–H groups in total. The van der Waals surface area contributed by atoms with E-state index in [1.807, 2.05) is 4.68 Å². The van der Waals surface area contributed by atoms with Crippen LogP contribution in [-0.4, -0.2) is 23.0 Å². The summed E-state index contributed by atoms with van der Waals surface area (Å²) in [6, 6.07) is 5.09. The second-order valence-corrected chi connectivity index (χ2v) is 4.94. The van der Waals surface area contributed by atoms with Gasteiger partial charge in [-0.2, -0.15) is 5.10 Å². The molecular weight excluding hydrogens is 322 g/mol. The van der Waals surface area contributed by atoms with Gasteiger partial charge in [0.2, 0.25) is 0 Å². The van der Waals surface area contributed by atoms with E-state index in [4.69, 9.17) is 4.74 Å².